The number of aliphatic carboxylic acids is 1. The van der Waals surface area contributed by atoms with E-state index in [2.05, 4.69) is 0 Å². The summed E-state index contributed by atoms with van der Waals surface area (Å²) in [6.07, 6.45) is 0.444. The molecule has 37 heavy (non-hydrogen) atoms. The molecule has 1 saturated carbocycles. The van der Waals surface area contributed by atoms with E-state index in [-0.39, 0.29) is 37.9 Å². The Labute approximate surface area is 222 Å². The Balaban J connectivity index is 1.49. The number of benzene rings is 1. The fraction of sp³-hybridized carbons (Fsp3) is 0.679. The van der Waals surface area contributed by atoms with E-state index < -0.39 is 41.7 Å². The first kappa shape index (κ1) is 30.0. The van der Waals surface area contributed by atoms with Crippen molar-refractivity contribution < 1.29 is 40.5 Å². The van der Waals surface area contributed by atoms with Crippen LogP contribution in [0.4, 0.5) is 0 Å². The molecule has 1 aromatic heterocycles. The van der Waals surface area contributed by atoms with Gasteiger partial charge in [-0.2, -0.15) is 0 Å². The van der Waals surface area contributed by atoms with Gasteiger partial charge >= 0.3 is 5.97 Å². The quantitative estimate of drug-likeness (QED) is 0.170. The number of rotatable bonds is 15. The topological polar surface area (TPSA) is 159 Å². The van der Waals surface area contributed by atoms with E-state index in [0.717, 1.165) is 15.0 Å². The summed E-state index contributed by atoms with van der Waals surface area (Å²) in [5, 5.41) is 72.0. The maximum Gasteiger partial charge on any atom is 0.309 e. The van der Waals surface area contributed by atoms with Gasteiger partial charge in [0.05, 0.1) is 43.5 Å². The Morgan fingerprint density at radius 1 is 1.03 bits per heavy atom. The van der Waals surface area contributed by atoms with E-state index in [1.165, 1.54) is 0 Å². The average Bonchev–Trinajstić information content (AvgIpc) is 3.43. The molecule has 9 heteroatoms. The Hall–Kier alpha value is -1.59. The fourth-order valence-electron chi connectivity index (χ4n) is 5.67. The van der Waals surface area contributed by atoms with Gasteiger partial charge in [-0.15, -0.1) is 11.3 Å². The number of thiophene rings is 1. The molecule has 1 aromatic carbocycles. The molecular weight excluding hydrogens is 496 g/mol. The number of fused-ring (bicyclic) bond motifs is 1. The lowest BCUT2D eigenvalue weighted by Gasteiger charge is -2.30. The highest BCUT2D eigenvalue weighted by molar-refractivity contribution is 7.19. The zero-order valence-electron chi connectivity index (χ0n) is 21.4. The highest BCUT2D eigenvalue weighted by Crippen LogP contribution is 2.41. The molecule has 7 atom stereocenters. The minimum absolute atomic E-state index is 0.0335. The first-order valence-electron chi connectivity index (χ1n) is 13.2. The summed E-state index contributed by atoms with van der Waals surface area (Å²) in [6.45, 7) is 0.835. The molecule has 1 aliphatic rings. The zero-order chi connectivity index (χ0) is 27.2. The normalized spacial score (nSPS) is 24.8. The predicted molar refractivity (Wildman–Crippen MR) is 142 cm³/mol. The van der Waals surface area contributed by atoms with Crippen molar-refractivity contribution in [3.8, 4) is 0 Å². The third kappa shape index (κ3) is 7.72. The first-order chi connectivity index (χ1) is 17.6. The molecule has 0 bridgehead atoms. The van der Waals surface area contributed by atoms with E-state index in [0.29, 0.717) is 38.5 Å². The van der Waals surface area contributed by atoms with Crippen molar-refractivity contribution in [3.63, 3.8) is 0 Å². The summed E-state index contributed by atoms with van der Waals surface area (Å²) in [4.78, 5) is 12.6. The summed E-state index contributed by atoms with van der Waals surface area (Å²) in [5.41, 5.74) is -0.984. The van der Waals surface area contributed by atoms with Crippen molar-refractivity contribution in [2.75, 3.05) is 13.2 Å². The fourth-order valence-corrected chi connectivity index (χ4v) is 6.76. The summed E-state index contributed by atoms with van der Waals surface area (Å²) >= 11 is 1.56. The molecule has 3 unspecified atom stereocenters. The summed E-state index contributed by atoms with van der Waals surface area (Å²) in [6, 6.07) is 9.98. The van der Waals surface area contributed by atoms with Gasteiger partial charge in [-0.05, 0) is 67.9 Å². The average molecular weight is 539 g/mol. The standard InChI is InChI=1S/C28H42O8S/c1-28(15-29,16-30)14-20(27(35)36)21(31)8-4-3-7-18-19(24(34)13-23(18)33)10-11-22(32)26-12-17-6-2-5-9-25(17)37-26/h2,5-6,9,12,18-24,29-34H,3-4,7-8,10-11,13-16H2,1H3,(H,35,36)/t18-,19-,20?,21?,22?,23+,24-/m1/s1. The van der Waals surface area contributed by atoms with Crippen molar-refractivity contribution in [3.05, 3.63) is 35.2 Å². The SMILES string of the molecule is CC(CO)(CO)CC(C(=O)O)C(O)CCCC[C@@H]1[C@@H](CCC(O)c2cc3ccccc3s2)[C@H](O)C[C@@H]1O. The van der Waals surface area contributed by atoms with Crippen LogP contribution in [0.25, 0.3) is 10.1 Å². The second kappa shape index (κ2) is 13.5. The van der Waals surface area contributed by atoms with E-state index in [9.17, 15) is 40.5 Å². The lowest BCUT2D eigenvalue weighted by Crippen LogP contribution is -2.37. The van der Waals surface area contributed by atoms with Crippen molar-refractivity contribution >= 4 is 27.4 Å². The molecule has 3 rings (SSSR count). The van der Waals surface area contributed by atoms with Crippen molar-refractivity contribution in [1.29, 1.82) is 0 Å². The minimum Gasteiger partial charge on any atom is -0.481 e. The second-order valence-corrected chi connectivity index (χ2v) is 12.2. The van der Waals surface area contributed by atoms with Crippen LogP contribution in [0, 0.1) is 23.2 Å². The van der Waals surface area contributed by atoms with Crippen molar-refractivity contribution in [2.45, 2.75) is 82.7 Å². The number of carboxylic acid groups (broad SMARTS) is 1. The van der Waals surface area contributed by atoms with Crippen LogP contribution in [-0.4, -0.2) is 73.2 Å². The molecular formula is C28H42O8S. The maximum absolute atomic E-state index is 11.7. The van der Waals surface area contributed by atoms with Gasteiger partial charge in [-0.25, -0.2) is 0 Å². The molecule has 0 amide bonds. The van der Waals surface area contributed by atoms with E-state index >= 15 is 0 Å². The summed E-state index contributed by atoms with van der Waals surface area (Å²) in [5.74, 6) is -2.51. The molecule has 0 radical (unpaired) electrons. The van der Waals surface area contributed by atoms with Crippen LogP contribution >= 0.6 is 11.3 Å². The van der Waals surface area contributed by atoms with Crippen LogP contribution < -0.4 is 0 Å². The van der Waals surface area contributed by atoms with Crippen LogP contribution in [0.3, 0.4) is 0 Å². The van der Waals surface area contributed by atoms with Gasteiger partial charge in [-0.1, -0.05) is 38.0 Å². The first-order valence-corrected chi connectivity index (χ1v) is 14.1. The number of carboxylic acids is 1. The van der Waals surface area contributed by atoms with Gasteiger partial charge in [0.2, 0.25) is 0 Å². The van der Waals surface area contributed by atoms with Crippen LogP contribution in [0.2, 0.25) is 0 Å². The van der Waals surface area contributed by atoms with E-state index in [1.54, 1.807) is 18.3 Å². The maximum atomic E-state index is 11.7. The molecule has 0 aliphatic heterocycles. The van der Waals surface area contributed by atoms with Crippen LogP contribution in [0.15, 0.2) is 30.3 Å². The number of hydrogen-bond acceptors (Lipinski definition) is 8. The second-order valence-electron chi connectivity index (χ2n) is 11.1. The molecule has 0 saturated heterocycles. The van der Waals surface area contributed by atoms with Crippen LogP contribution in [0.5, 0.6) is 0 Å². The van der Waals surface area contributed by atoms with Gasteiger partial charge in [0.1, 0.15) is 0 Å². The van der Waals surface area contributed by atoms with Gasteiger partial charge in [0.25, 0.3) is 0 Å². The Bertz CT molecular complexity index is 956. The van der Waals surface area contributed by atoms with Crippen molar-refractivity contribution in [2.24, 2.45) is 23.2 Å². The van der Waals surface area contributed by atoms with E-state index in [4.69, 9.17) is 0 Å². The minimum atomic E-state index is -1.16. The smallest absolute Gasteiger partial charge is 0.309 e. The molecule has 7 N–H and O–H groups in total. The lowest BCUT2D eigenvalue weighted by atomic mass is 9.79. The van der Waals surface area contributed by atoms with E-state index in [1.807, 2.05) is 30.3 Å². The van der Waals surface area contributed by atoms with Crippen LogP contribution in [0.1, 0.15) is 69.3 Å². The van der Waals surface area contributed by atoms with Crippen LogP contribution in [-0.2, 0) is 4.79 Å². The Kier molecular flexibility index (Phi) is 10.9. The number of carbonyl (C=O) groups is 1. The Morgan fingerprint density at radius 2 is 1.68 bits per heavy atom. The molecule has 208 valence electrons. The van der Waals surface area contributed by atoms with Gasteiger partial charge in [0.15, 0.2) is 0 Å². The van der Waals surface area contributed by atoms with Gasteiger partial charge in [0, 0.05) is 15.0 Å². The highest BCUT2D eigenvalue weighted by Gasteiger charge is 2.41. The lowest BCUT2D eigenvalue weighted by molar-refractivity contribution is -0.148. The van der Waals surface area contributed by atoms with Crippen molar-refractivity contribution in [1.82, 2.24) is 0 Å². The molecule has 1 heterocycles. The molecule has 0 spiro atoms. The number of aliphatic hydroxyl groups is 6. The molecule has 8 nitrogen and oxygen atoms in total. The third-order valence-electron chi connectivity index (χ3n) is 8.11. The monoisotopic (exact) mass is 538 g/mol. The molecule has 2 aromatic rings. The Morgan fingerprint density at radius 3 is 2.30 bits per heavy atom. The van der Waals surface area contributed by atoms with Gasteiger partial charge < -0.3 is 35.7 Å². The zero-order valence-corrected chi connectivity index (χ0v) is 22.3. The number of unbranched alkanes of at least 4 members (excludes halogenated alkanes) is 1. The molecule has 1 fully saturated rings. The predicted octanol–water partition coefficient (Wildman–Crippen LogP) is 3.08. The summed E-state index contributed by atoms with van der Waals surface area (Å²) in [7, 11) is 0. The summed E-state index contributed by atoms with van der Waals surface area (Å²) < 4.78 is 1.12. The largest absolute Gasteiger partial charge is 0.481 e. The highest BCUT2D eigenvalue weighted by atomic mass is 32.1. The van der Waals surface area contributed by atoms with Gasteiger partial charge in [-0.3, -0.25) is 4.79 Å². The molecule has 1 aliphatic carbocycles. The third-order valence-corrected chi connectivity index (χ3v) is 9.33. The number of hydrogen-bond donors (Lipinski definition) is 7. The number of aliphatic hydroxyl groups excluding tert-OH is 6.